The van der Waals surface area contributed by atoms with Crippen molar-refractivity contribution in [3.8, 4) is 5.69 Å². The van der Waals surface area contributed by atoms with Crippen molar-refractivity contribution >= 4 is 29.9 Å². The summed E-state index contributed by atoms with van der Waals surface area (Å²) < 4.78 is 1.91. The number of hydrogen-bond acceptors (Lipinski definition) is 3. The van der Waals surface area contributed by atoms with Crippen LogP contribution in [0.15, 0.2) is 72.0 Å². The molecule has 1 saturated heterocycles. The molecule has 3 aromatic rings. The third-order valence-electron chi connectivity index (χ3n) is 5.92. The monoisotopic (exact) mass is 558 g/mol. The van der Waals surface area contributed by atoms with Crippen LogP contribution in [0.4, 0.5) is 0 Å². The predicted molar refractivity (Wildman–Crippen MR) is 146 cm³/mol. The van der Waals surface area contributed by atoms with Crippen molar-refractivity contribution in [2.45, 2.75) is 38.8 Å². The molecule has 0 saturated carbocycles. The summed E-state index contributed by atoms with van der Waals surface area (Å²) in [5.41, 5.74) is 4.93. The Morgan fingerprint density at radius 3 is 2.36 bits per heavy atom. The quantitative estimate of drug-likeness (QED) is 0.245. The lowest BCUT2D eigenvalue weighted by Crippen LogP contribution is -2.37. The number of hydrogen-bond donors (Lipinski definition) is 2. The number of halogens is 1. The predicted octanol–water partition coefficient (Wildman–Crippen LogP) is 4.38. The molecule has 0 unspecified atom stereocenters. The van der Waals surface area contributed by atoms with Gasteiger partial charge in [-0.3, -0.25) is 9.89 Å². The van der Waals surface area contributed by atoms with E-state index in [1.165, 1.54) is 49.0 Å². The smallest absolute Gasteiger partial charge is 0.191 e. The maximum atomic E-state index is 4.46. The van der Waals surface area contributed by atoms with E-state index in [2.05, 4.69) is 68.2 Å². The van der Waals surface area contributed by atoms with Crippen molar-refractivity contribution in [3.05, 3.63) is 83.7 Å². The van der Waals surface area contributed by atoms with E-state index in [9.17, 15) is 0 Å². The van der Waals surface area contributed by atoms with Crippen molar-refractivity contribution in [2.75, 3.05) is 26.7 Å². The van der Waals surface area contributed by atoms with Gasteiger partial charge in [-0.1, -0.05) is 48.9 Å². The molecule has 0 spiro atoms. The van der Waals surface area contributed by atoms with Crippen molar-refractivity contribution in [1.82, 2.24) is 25.3 Å². The lowest BCUT2D eigenvalue weighted by molar-refractivity contribution is 0.221. The Bertz CT molecular complexity index is 978. The zero-order valence-corrected chi connectivity index (χ0v) is 21.7. The SMILES string of the molecule is CN=C(NCCc1cnn(-c2ccccc2)c1)NCc1ccc(CN2CCCCC2)cc1.I. The summed E-state index contributed by atoms with van der Waals surface area (Å²) in [5, 5.41) is 11.3. The highest BCUT2D eigenvalue weighted by atomic mass is 127. The molecule has 6 nitrogen and oxygen atoms in total. The first kappa shape index (κ1) is 25.2. The Morgan fingerprint density at radius 2 is 1.64 bits per heavy atom. The third-order valence-corrected chi connectivity index (χ3v) is 5.92. The van der Waals surface area contributed by atoms with Crippen LogP contribution in [0.1, 0.15) is 36.0 Å². The number of benzene rings is 2. The minimum absolute atomic E-state index is 0. The molecule has 2 aromatic carbocycles. The Balaban J connectivity index is 0.00000306. The van der Waals surface area contributed by atoms with Crippen LogP contribution < -0.4 is 10.6 Å². The topological polar surface area (TPSA) is 57.5 Å². The Morgan fingerprint density at radius 1 is 0.909 bits per heavy atom. The van der Waals surface area contributed by atoms with Gasteiger partial charge in [0, 0.05) is 32.9 Å². The first-order valence-electron chi connectivity index (χ1n) is 11.6. The van der Waals surface area contributed by atoms with Gasteiger partial charge in [0.2, 0.25) is 0 Å². The van der Waals surface area contributed by atoms with Crippen LogP contribution in [-0.4, -0.2) is 47.3 Å². The highest BCUT2D eigenvalue weighted by Gasteiger charge is 2.10. The fourth-order valence-electron chi connectivity index (χ4n) is 4.08. The normalized spacial score (nSPS) is 14.5. The van der Waals surface area contributed by atoms with E-state index in [0.717, 1.165) is 37.7 Å². The average molecular weight is 559 g/mol. The van der Waals surface area contributed by atoms with Crippen molar-refractivity contribution in [3.63, 3.8) is 0 Å². The van der Waals surface area contributed by atoms with Crippen molar-refractivity contribution < 1.29 is 0 Å². The lowest BCUT2D eigenvalue weighted by Gasteiger charge is -2.26. The summed E-state index contributed by atoms with van der Waals surface area (Å²) in [4.78, 5) is 6.91. The largest absolute Gasteiger partial charge is 0.356 e. The fourth-order valence-corrected chi connectivity index (χ4v) is 4.08. The highest BCUT2D eigenvalue weighted by Crippen LogP contribution is 2.13. The Hall–Kier alpha value is -2.39. The van der Waals surface area contributed by atoms with E-state index in [0.29, 0.717) is 0 Å². The maximum Gasteiger partial charge on any atom is 0.191 e. The van der Waals surface area contributed by atoms with Gasteiger partial charge in [0.05, 0.1) is 11.9 Å². The van der Waals surface area contributed by atoms with E-state index in [4.69, 9.17) is 0 Å². The number of para-hydroxylation sites is 1. The number of piperidine rings is 1. The zero-order chi connectivity index (χ0) is 22.0. The number of nitrogens with zero attached hydrogens (tertiary/aromatic N) is 4. The first-order valence-corrected chi connectivity index (χ1v) is 11.6. The van der Waals surface area contributed by atoms with E-state index >= 15 is 0 Å². The molecule has 1 aliphatic rings. The second-order valence-electron chi connectivity index (χ2n) is 8.38. The van der Waals surface area contributed by atoms with Crippen LogP contribution in [0.3, 0.4) is 0 Å². The molecule has 2 heterocycles. The molecule has 0 bridgehead atoms. The molecule has 7 heteroatoms. The van der Waals surface area contributed by atoms with Crippen molar-refractivity contribution in [1.29, 1.82) is 0 Å². The van der Waals surface area contributed by atoms with Gasteiger partial charge in [0.25, 0.3) is 0 Å². The summed E-state index contributed by atoms with van der Waals surface area (Å²) in [7, 11) is 1.81. The van der Waals surface area contributed by atoms with Gasteiger partial charge in [-0.2, -0.15) is 5.10 Å². The van der Waals surface area contributed by atoms with Gasteiger partial charge in [0.1, 0.15) is 0 Å². The average Bonchev–Trinajstić information content (AvgIpc) is 3.32. The Kier molecular flexibility index (Phi) is 10.2. The number of nitrogens with one attached hydrogen (secondary N) is 2. The minimum atomic E-state index is 0. The molecule has 0 radical (unpaired) electrons. The van der Waals surface area contributed by atoms with Gasteiger partial charge < -0.3 is 10.6 Å². The van der Waals surface area contributed by atoms with Gasteiger partial charge in [0.15, 0.2) is 5.96 Å². The standard InChI is InChI=1S/C26H34N6.HI/c1-27-26(28-15-14-24-19-30-32(21-24)25-8-4-2-5-9-25)29-18-22-10-12-23(13-11-22)20-31-16-6-3-7-17-31;/h2,4-5,8-13,19,21H,3,6-7,14-18,20H2,1H3,(H2,27,28,29);1H. The Labute approximate surface area is 214 Å². The van der Waals surface area contributed by atoms with Crippen LogP contribution in [0.5, 0.6) is 0 Å². The molecule has 4 rings (SSSR count). The molecular formula is C26H35IN6. The molecule has 0 aliphatic carbocycles. The van der Waals surface area contributed by atoms with E-state index in [-0.39, 0.29) is 24.0 Å². The van der Waals surface area contributed by atoms with E-state index < -0.39 is 0 Å². The number of guanidine groups is 1. The van der Waals surface area contributed by atoms with Crippen LogP contribution in [0.25, 0.3) is 5.69 Å². The van der Waals surface area contributed by atoms with Gasteiger partial charge in [-0.15, -0.1) is 24.0 Å². The number of rotatable bonds is 8. The van der Waals surface area contributed by atoms with Crippen LogP contribution in [-0.2, 0) is 19.5 Å². The highest BCUT2D eigenvalue weighted by molar-refractivity contribution is 14.0. The van der Waals surface area contributed by atoms with Crippen LogP contribution in [0.2, 0.25) is 0 Å². The second-order valence-corrected chi connectivity index (χ2v) is 8.38. The molecule has 33 heavy (non-hydrogen) atoms. The molecule has 2 N–H and O–H groups in total. The second kappa shape index (κ2) is 13.3. The third kappa shape index (κ3) is 7.85. The minimum Gasteiger partial charge on any atom is -0.356 e. The van der Waals surface area contributed by atoms with Gasteiger partial charge in [-0.25, -0.2) is 4.68 Å². The molecule has 0 atom stereocenters. The van der Waals surface area contributed by atoms with E-state index in [1.807, 2.05) is 36.1 Å². The summed E-state index contributed by atoms with van der Waals surface area (Å²) >= 11 is 0. The van der Waals surface area contributed by atoms with Gasteiger partial charge >= 0.3 is 0 Å². The van der Waals surface area contributed by atoms with Crippen LogP contribution in [0, 0.1) is 0 Å². The zero-order valence-electron chi connectivity index (χ0n) is 19.4. The number of aliphatic imine (C=N–C) groups is 1. The summed E-state index contributed by atoms with van der Waals surface area (Å²) in [5.74, 6) is 0.817. The van der Waals surface area contributed by atoms with Gasteiger partial charge in [-0.05, 0) is 61.2 Å². The molecule has 176 valence electrons. The van der Waals surface area contributed by atoms with E-state index in [1.54, 1.807) is 0 Å². The molecule has 1 aromatic heterocycles. The summed E-state index contributed by atoms with van der Waals surface area (Å²) in [6.45, 7) is 5.10. The maximum absolute atomic E-state index is 4.46. The molecule has 1 aliphatic heterocycles. The molecule has 1 fully saturated rings. The number of aromatic nitrogens is 2. The number of likely N-dealkylation sites (tertiary alicyclic amines) is 1. The van der Waals surface area contributed by atoms with Crippen LogP contribution >= 0.6 is 24.0 Å². The first-order chi connectivity index (χ1) is 15.8. The molecule has 0 amide bonds. The summed E-state index contributed by atoms with van der Waals surface area (Å²) in [6.07, 6.45) is 8.95. The van der Waals surface area contributed by atoms with Crippen molar-refractivity contribution in [2.24, 2.45) is 4.99 Å². The molecular weight excluding hydrogens is 523 g/mol. The lowest BCUT2D eigenvalue weighted by atomic mass is 10.1. The summed E-state index contributed by atoms with van der Waals surface area (Å²) in [6, 6.07) is 19.1. The fraction of sp³-hybridized carbons (Fsp3) is 0.385.